The molecule has 0 saturated carbocycles. The van der Waals surface area contributed by atoms with Crippen molar-refractivity contribution < 1.29 is 14.7 Å². The van der Waals surface area contributed by atoms with Crippen LogP contribution in [-0.2, 0) is 11.2 Å². The van der Waals surface area contributed by atoms with Gasteiger partial charge < -0.3 is 5.11 Å². The fourth-order valence-corrected chi connectivity index (χ4v) is 4.90. The quantitative estimate of drug-likeness (QED) is 0.404. The number of anilines is 1. The molecule has 3 amide bonds. The molecular weight excluding hydrogens is 396 g/mol. The first-order chi connectivity index (χ1) is 14.4. The molecule has 1 aromatic carbocycles. The predicted octanol–water partition coefficient (Wildman–Crippen LogP) is 5.46. The Morgan fingerprint density at radius 2 is 1.80 bits per heavy atom. The maximum atomic E-state index is 12.7. The molecule has 6 heteroatoms. The van der Waals surface area contributed by atoms with Gasteiger partial charge in [-0.3, -0.25) is 14.6 Å². The molecular formula is C24H32N2O3S. The maximum Gasteiger partial charge on any atom is 0.331 e. The van der Waals surface area contributed by atoms with Gasteiger partial charge in [-0.05, 0) is 62.4 Å². The second-order valence-electron chi connectivity index (χ2n) is 8.07. The number of urea groups is 1. The van der Waals surface area contributed by atoms with Crippen LogP contribution in [-0.4, -0.2) is 35.0 Å². The lowest BCUT2D eigenvalue weighted by atomic mass is 10.0. The molecule has 2 atom stereocenters. The molecule has 30 heavy (non-hydrogen) atoms. The molecule has 2 heterocycles. The molecule has 0 bridgehead atoms. The number of thiophene rings is 1. The average Bonchev–Trinajstić information content (AvgIpc) is 3.25. The number of rotatable bonds is 10. The zero-order valence-corrected chi connectivity index (χ0v) is 19.0. The number of aryl methyl sites for hydroxylation is 2. The Morgan fingerprint density at radius 3 is 2.43 bits per heavy atom. The molecule has 162 valence electrons. The number of aliphatic hydroxyl groups excluding tert-OH is 1. The van der Waals surface area contributed by atoms with E-state index in [1.165, 1.54) is 14.7 Å². The van der Waals surface area contributed by atoms with Crippen molar-refractivity contribution in [3.05, 3.63) is 51.7 Å². The molecule has 1 fully saturated rings. The largest absolute Gasteiger partial charge is 0.388 e. The minimum Gasteiger partial charge on any atom is -0.388 e. The highest BCUT2D eigenvalue weighted by atomic mass is 32.1. The van der Waals surface area contributed by atoms with E-state index >= 15 is 0 Å². The molecule has 0 spiro atoms. The van der Waals surface area contributed by atoms with E-state index in [-0.39, 0.29) is 11.9 Å². The van der Waals surface area contributed by atoms with Crippen LogP contribution in [0, 0.1) is 6.92 Å². The minimum absolute atomic E-state index is 0.147. The Hall–Kier alpha value is -2.18. The van der Waals surface area contributed by atoms with E-state index in [4.69, 9.17) is 0 Å². The van der Waals surface area contributed by atoms with Gasteiger partial charge in [0.15, 0.2) is 0 Å². The van der Waals surface area contributed by atoms with E-state index in [1.54, 1.807) is 23.3 Å². The summed E-state index contributed by atoms with van der Waals surface area (Å²) < 4.78 is 0. The van der Waals surface area contributed by atoms with Crippen molar-refractivity contribution in [2.75, 3.05) is 11.9 Å². The van der Waals surface area contributed by atoms with Crippen LogP contribution in [0.25, 0.3) is 0 Å². The van der Waals surface area contributed by atoms with Crippen molar-refractivity contribution in [2.45, 2.75) is 70.9 Å². The van der Waals surface area contributed by atoms with E-state index in [0.29, 0.717) is 12.1 Å². The first-order valence-corrected chi connectivity index (χ1v) is 11.7. The van der Waals surface area contributed by atoms with Gasteiger partial charge in [-0.15, -0.1) is 11.3 Å². The van der Waals surface area contributed by atoms with Gasteiger partial charge in [-0.1, -0.05) is 38.3 Å². The van der Waals surface area contributed by atoms with Crippen LogP contribution in [0.3, 0.4) is 0 Å². The first-order valence-electron chi connectivity index (χ1n) is 10.9. The minimum atomic E-state index is -0.491. The Morgan fingerprint density at radius 1 is 1.07 bits per heavy atom. The van der Waals surface area contributed by atoms with Gasteiger partial charge >= 0.3 is 6.03 Å². The molecule has 1 aliphatic rings. The number of hydrogen-bond donors (Lipinski definition) is 1. The standard InChI is InChI=1S/C24H32N2O3S/c1-4-5-6-10-22(27)18-12-14-19(15-13-18)26-21(23(28)25(3)24(26)29)9-7-8-20-16-11-17(2)30-20/h11-16,21-22,27H,4-10H2,1-3H3. The monoisotopic (exact) mass is 428 g/mol. The number of aliphatic hydroxyl groups is 1. The number of benzene rings is 1. The Balaban J connectivity index is 1.67. The highest BCUT2D eigenvalue weighted by molar-refractivity contribution is 7.11. The number of carbonyl (C=O) groups excluding carboxylic acids is 2. The molecule has 0 aliphatic carbocycles. The van der Waals surface area contributed by atoms with E-state index in [2.05, 4.69) is 26.0 Å². The number of amides is 3. The van der Waals surface area contributed by atoms with E-state index in [0.717, 1.165) is 44.1 Å². The smallest absolute Gasteiger partial charge is 0.331 e. The van der Waals surface area contributed by atoms with Gasteiger partial charge in [0, 0.05) is 22.5 Å². The number of imide groups is 1. The molecule has 5 nitrogen and oxygen atoms in total. The van der Waals surface area contributed by atoms with Crippen molar-refractivity contribution in [1.29, 1.82) is 0 Å². The number of likely N-dealkylation sites (N-methyl/N-ethyl adjacent to an activating group) is 1. The third-order valence-electron chi connectivity index (χ3n) is 5.75. The normalized spacial score (nSPS) is 17.8. The molecule has 2 unspecified atom stereocenters. The molecule has 1 saturated heterocycles. The van der Waals surface area contributed by atoms with Crippen LogP contribution < -0.4 is 4.90 Å². The van der Waals surface area contributed by atoms with Crippen LogP contribution in [0.5, 0.6) is 0 Å². The number of carbonyl (C=O) groups is 2. The summed E-state index contributed by atoms with van der Waals surface area (Å²) in [5.41, 5.74) is 1.56. The summed E-state index contributed by atoms with van der Waals surface area (Å²) >= 11 is 1.78. The van der Waals surface area contributed by atoms with Gasteiger partial charge in [-0.25, -0.2) is 4.79 Å². The Bertz CT molecular complexity index is 862. The summed E-state index contributed by atoms with van der Waals surface area (Å²) in [6.07, 6.45) is 5.87. The summed E-state index contributed by atoms with van der Waals surface area (Å²) in [7, 11) is 1.55. The fourth-order valence-electron chi connectivity index (χ4n) is 3.97. The van der Waals surface area contributed by atoms with Gasteiger partial charge in [0.2, 0.25) is 0 Å². The Kier molecular flexibility index (Phi) is 7.67. The van der Waals surface area contributed by atoms with E-state index in [1.807, 2.05) is 24.3 Å². The third kappa shape index (κ3) is 5.10. The molecule has 1 N–H and O–H groups in total. The summed E-state index contributed by atoms with van der Waals surface area (Å²) in [5, 5.41) is 10.4. The lowest BCUT2D eigenvalue weighted by molar-refractivity contribution is -0.126. The van der Waals surface area contributed by atoms with Crippen molar-refractivity contribution >= 4 is 29.0 Å². The van der Waals surface area contributed by atoms with Crippen molar-refractivity contribution in [2.24, 2.45) is 0 Å². The second-order valence-corrected chi connectivity index (χ2v) is 9.45. The van der Waals surface area contributed by atoms with Crippen LogP contribution in [0.2, 0.25) is 0 Å². The third-order valence-corrected chi connectivity index (χ3v) is 6.81. The SMILES string of the molecule is CCCCCC(O)c1ccc(N2C(=O)N(C)C(=O)C2CCCc2ccc(C)s2)cc1. The second kappa shape index (κ2) is 10.2. The molecule has 0 radical (unpaired) electrons. The number of unbranched alkanes of at least 4 members (excludes halogenated alkanes) is 2. The van der Waals surface area contributed by atoms with E-state index < -0.39 is 12.1 Å². The first kappa shape index (κ1) is 22.5. The zero-order chi connectivity index (χ0) is 21.7. The fraction of sp³-hybridized carbons (Fsp3) is 0.500. The van der Waals surface area contributed by atoms with Gasteiger partial charge in [0.25, 0.3) is 5.91 Å². The summed E-state index contributed by atoms with van der Waals surface area (Å²) in [6.45, 7) is 4.23. The van der Waals surface area contributed by atoms with Crippen LogP contribution >= 0.6 is 11.3 Å². The van der Waals surface area contributed by atoms with Gasteiger partial charge in [0.05, 0.1) is 6.10 Å². The number of hydrogen-bond acceptors (Lipinski definition) is 4. The molecule has 3 rings (SSSR count). The maximum absolute atomic E-state index is 12.7. The lowest BCUT2D eigenvalue weighted by Gasteiger charge is -2.22. The molecule has 2 aromatic rings. The summed E-state index contributed by atoms with van der Waals surface area (Å²) in [6, 6.07) is 10.9. The topological polar surface area (TPSA) is 60.9 Å². The number of nitrogens with zero attached hydrogens (tertiary/aromatic N) is 2. The summed E-state index contributed by atoms with van der Waals surface area (Å²) in [4.78, 5) is 30.9. The lowest BCUT2D eigenvalue weighted by Crippen LogP contribution is -2.35. The zero-order valence-electron chi connectivity index (χ0n) is 18.1. The van der Waals surface area contributed by atoms with Crippen molar-refractivity contribution in [1.82, 2.24) is 4.90 Å². The van der Waals surface area contributed by atoms with Crippen molar-refractivity contribution in [3.8, 4) is 0 Å². The van der Waals surface area contributed by atoms with E-state index in [9.17, 15) is 14.7 Å². The van der Waals surface area contributed by atoms with Crippen LogP contribution in [0.15, 0.2) is 36.4 Å². The highest BCUT2D eigenvalue weighted by Crippen LogP contribution is 2.30. The van der Waals surface area contributed by atoms with Crippen LogP contribution in [0.4, 0.5) is 10.5 Å². The van der Waals surface area contributed by atoms with Gasteiger partial charge in [0.1, 0.15) is 6.04 Å². The summed E-state index contributed by atoms with van der Waals surface area (Å²) in [5.74, 6) is -0.147. The average molecular weight is 429 g/mol. The Labute approximate surface area is 183 Å². The molecule has 1 aromatic heterocycles. The van der Waals surface area contributed by atoms with Crippen LogP contribution in [0.1, 0.15) is 66.9 Å². The van der Waals surface area contributed by atoms with Gasteiger partial charge in [-0.2, -0.15) is 0 Å². The van der Waals surface area contributed by atoms with Crippen molar-refractivity contribution in [3.63, 3.8) is 0 Å². The predicted molar refractivity (Wildman–Crippen MR) is 122 cm³/mol. The highest BCUT2D eigenvalue weighted by Gasteiger charge is 2.43. The molecule has 1 aliphatic heterocycles.